The van der Waals surface area contributed by atoms with Gasteiger partial charge < -0.3 is 10.6 Å². The van der Waals surface area contributed by atoms with Crippen molar-refractivity contribution < 1.29 is 8.42 Å². The molecule has 1 aromatic heterocycles. The Kier molecular flexibility index (Phi) is 4.79. The van der Waals surface area contributed by atoms with E-state index in [0.717, 1.165) is 32.4 Å². The average molecular weight is 327 g/mol. The molecular weight excluding hydrogens is 306 g/mol. The first-order valence-corrected chi connectivity index (χ1v) is 9.67. The van der Waals surface area contributed by atoms with Crippen molar-refractivity contribution in [3.8, 4) is 6.07 Å². The highest BCUT2D eigenvalue weighted by Gasteiger charge is 2.29. The van der Waals surface area contributed by atoms with Gasteiger partial charge in [0.05, 0.1) is 11.4 Å². The fourth-order valence-electron chi connectivity index (χ4n) is 2.62. The van der Waals surface area contributed by atoms with Crippen molar-refractivity contribution in [3.05, 3.63) is 4.88 Å². The number of anilines is 2. The topological polar surface area (TPSA) is 87.2 Å². The summed E-state index contributed by atoms with van der Waals surface area (Å²) >= 11 is 1.21. The van der Waals surface area contributed by atoms with Gasteiger partial charge in [0, 0.05) is 13.1 Å². The number of nitrogens with two attached hydrogens (primary N) is 1. The van der Waals surface area contributed by atoms with Crippen LogP contribution in [0.5, 0.6) is 0 Å². The third-order valence-electron chi connectivity index (χ3n) is 3.98. The Morgan fingerprint density at radius 1 is 1.43 bits per heavy atom. The first-order chi connectivity index (χ1) is 9.90. The van der Waals surface area contributed by atoms with Crippen LogP contribution in [0.2, 0.25) is 0 Å². The molecule has 0 aromatic carbocycles. The molecule has 116 valence electrons. The van der Waals surface area contributed by atoms with Crippen LogP contribution >= 0.6 is 11.3 Å². The number of sulfone groups is 1. The lowest BCUT2D eigenvalue weighted by Gasteiger charge is -2.22. The molecule has 21 heavy (non-hydrogen) atoms. The number of hydrogen-bond acceptors (Lipinski definition) is 6. The monoisotopic (exact) mass is 327 g/mol. The third-order valence-corrected chi connectivity index (χ3v) is 7.07. The molecule has 1 aliphatic rings. The zero-order chi connectivity index (χ0) is 15.6. The highest BCUT2D eigenvalue weighted by Crippen LogP contribution is 2.42. The molecule has 1 aromatic rings. The van der Waals surface area contributed by atoms with Crippen molar-refractivity contribution in [2.75, 3.05) is 29.5 Å². The molecule has 0 amide bonds. The molecule has 0 spiro atoms. The summed E-state index contributed by atoms with van der Waals surface area (Å²) in [6, 6.07) is 2.02. The zero-order valence-corrected chi connectivity index (χ0v) is 14.1. The largest absolute Gasteiger partial charge is 0.396 e. The summed E-state index contributed by atoms with van der Waals surface area (Å²) in [5, 5.41) is 9.81. The van der Waals surface area contributed by atoms with E-state index in [4.69, 9.17) is 11.0 Å². The van der Waals surface area contributed by atoms with E-state index in [-0.39, 0.29) is 16.3 Å². The van der Waals surface area contributed by atoms with Gasteiger partial charge in [-0.1, -0.05) is 13.8 Å². The first-order valence-electron chi connectivity index (χ1n) is 7.20. The van der Waals surface area contributed by atoms with Gasteiger partial charge in [-0.15, -0.1) is 11.3 Å². The van der Waals surface area contributed by atoms with Gasteiger partial charge in [-0.25, -0.2) is 8.42 Å². The number of nitrogens with zero attached hydrogens (tertiary/aromatic N) is 2. The molecule has 0 saturated carbocycles. The van der Waals surface area contributed by atoms with Crippen molar-refractivity contribution in [1.82, 2.24) is 0 Å². The van der Waals surface area contributed by atoms with E-state index in [1.807, 2.05) is 6.07 Å². The Morgan fingerprint density at radius 3 is 2.76 bits per heavy atom. The molecule has 2 heterocycles. The molecule has 5 nitrogen and oxygen atoms in total. The van der Waals surface area contributed by atoms with Gasteiger partial charge in [0.15, 0.2) is 9.84 Å². The Labute approximate surface area is 130 Å². The van der Waals surface area contributed by atoms with E-state index in [1.54, 1.807) is 6.92 Å². The Hall–Kier alpha value is -1.26. The summed E-state index contributed by atoms with van der Waals surface area (Å²) in [4.78, 5) is 2.56. The van der Waals surface area contributed by atoms with E-state index in [1.165, 1.54) is 11.3 Å². The predicted octanol–water partition coefficient (Wildman–Crippen LogP) is 2.62. The van der Waals surface area contributed by atoms with Crippen LogP contribution in [0.4, 0.5) is 10.7 Å². The van der Waals surface area contributed by atoms with Crippen LogP contribution in [0.1, 0.15) is 38.0 Å². The quantitative estimate of drug-likeness (QED) is 0.922. The molecule has 1 fully saturated rings. The lowest BCUT2D eigenvalue weighted by Crippen LogP contribution is -2.25. The predicted molar refractivity (Wildman–Crippen MR) is 86.4 cm³/mol. The fraction of sp³-hybridized carbons (Fsp3) is 0.643. The second-order valence-corrected chi connectivity index (χ2v) is 8.73. The molecule has 2 N–H and O–H groups in total. The molecular formula is C14H21N3O2S2. The van der Waals surface area contributed by atoms with E-state index in [9.17, 15) is 8.42 Å². The maximum atomic E-state index is 12.4. The van der Waals surface area contributed by atoms with Crippen LogP contribution in [0, 0.1) is 17.2 Å². The minimum absolute atomic E-state index is 0.00392. The van der Waals surface area contributed by atoms with Gasteiger partial charge in [-0.05, 0) is 25.2 Å². The van der Waals surface area contributed by atoms with Crippen LogP contribution in [0.3, 0.4) is 0 Å². The second-order valence-electron chi connectivity index (χ2n) is 5.52. The average Bonchev–Trinajstić information content (AvgIpc) is 2.64. The summed E-state index contributed by atoms with van der Waals surface area (Å²) in [6.45, 7) is 5.46. The maximum Gasteiger partial charge on any atom is 0.183 e. The van der Waals surface area contributed by atoms with Crippen LogP contribution in [0.15, 0.2) is 4.90 Å². The number of thiophene rings is 1. The van der Waals surface area contributed by atoms with Gasteiger partial charge in [-0.3, -0.25) is 0 Å². The van der Waals surface area contributed by atoms with Gasteiger partial charge in [0.25, 0.3) is 0 Å². The van der Waals surface area contributed by atoms with Gasteiger partial charge in [0.1, 0.15) is 20.8 Å². The Bertz CT molecular complexity index is 658. The second kappa shape index (κ2) is 6.24. The van der Waals surface area contributed by atoms with Crippen LogP contribution in [-0.2, 0) is 9.84 Å². The lowest BCUT2D eigenvalue weighted by molar-refractivity contribution is 0.521. The van der Waals surface area contributed by atoms with E-state index in [0.29, 0.717) is 15.8 Å². The molecule has 0 aliphatic carbocycles. The van der Waals surface area contributed by atoms with E-state index < -0.39 is 9.84 Å². The highest BCUT2D eigenvalue weighted by atomic mass is 32.2. The third kappa shape index (κ3) is 3.16. The maximum absolute atomic E-state index is 12.4. The fourth-order valence-corrected chi connectivity index (χ4v) is 5.28. The Morgan fingerprint density at radius 2 is 2.14 bits per heavy atom. The minimum atomic E-state index is -3.43. The number of rotatable bonds is 3. The normalized spacial score (nSPS) is 20.0. The smallest absolute Gasteiger partial charge is 0.183 e. The van der Waals surface area contributed by atoms with Crippen molar-refractivity contribution in [2.24, 2.45) is 5.92 Å². The van der Waals surface area contributed by atoms with Crippen LogP contribution < -0.4 is 10.6 Å². The van der Waals surface area contributed by atoms with Crippen molar-refractivity contribution in [3.63, 3.8) is 0 Å². The van der Waals surface area contributed by atoms with Gasteiger partial charge in [0.2, 0.25) is 0 Å². The molecule has 0 bridgehead atoms. The first kappa shape index (κ1) is 16.1. The van der Waals surface area contributed by atoms with Crippen molar-refractivity contribution in [1.29, 1.82) is 5.26 Å². The highest BCUT2D eigenvalue weighted by molar-refractivity contribution is 7.91. The molecule has 7 heteroatoms. The lowest BCUT2D eigenvalue weighted by atomic mass is 10.0. The Balaban J connectivity index is 2.50. The SMILES string of the molecule is CCS(=O)(=O)c1c(N2CCCC(C)CC2)sc(C#N)c1N. The van der Waals surface area contributed by atoms with Crippen LogP contribution in [-0.4, -0.2) is 27.3 Å². The van der Waals surface area contributed by atoms with Crippen molar-refractivity contribution in [2.45, 2.75) is 38.0 Å². The molecule has 1 saturated heterocycles. The molecule has 1 atom stereocenters. The van der Waals surface area contributed by atoms with Crippen molar-refractivity contribution >= 4 is 31.9 Å². The molecule has 0 radical (unpaired) electrons. The molecule has 2 rings (SSSR count). The number of nitriles is 1. The summed E-state index contributed by atoms with van der Waals surface area (Å²) < 4.78 is 24.7. The molecule has 1 unspecified atom stereocenters. The standard InChI is InChI=1S/C14H21N3O2S2/c1-3-21(18,19)13-12(16)11(9-15)20-14(13)17-7-4-5-10(2)6-8-17/h10H,3-8,16H2,1-2H3. The summed E-state index contributed by atoms with van der Waals surface area (Å²) in [5.74, 6) is 0.643. The number of hydrogen-bond donors (Lipinski definition) is 1. The minimum Gasteiger partial charge on any atom is -0.396 e. The molecule has 1 aliphatic heterocycles. The zero-order valence-electron chi connectivity index (χ0n) is 12.4. The van der Waals surface area contributed by atoms with Gasteiger partial charge >= 0.3 is 0 Å². The summed E-state index contributed by atoms with van der Waals surface area (Å²) in [5.41, 5.74) is 6.05. The van der Waals surface area contributed by atoms with Crippen LogP contribution in [0.25, 0.3) is 0 Å². The summed E-state index contributed by atoms with van der Waals surface area (Å²) in [7, 11) is -3.43. The van der Waals surface area contributed by atoms with Gasteiger partial charge in [-0.2, -0.15) is 5.26 Å². The summed E-state index contributed by atoms with van der Waals surface area (Å²) in [6.07, 6.45) is 3.22. The van der Waals surface area contributed by atoms with E-state index in [2.05, 4.69) is 11.8 Å². The van der Waals surface area contributed by atoms with E-state index >= 15 is 0 Å². The number of nitrogen functional groups attached to an aromatic ring is 1.